The molecule has 0 unspecified atom stereocenters. The summed E-state index contributed by atoms with van der Waals surface area (Å²) in [6.45, 7) is 7.14. The molecular formula is C19H31N3O3. The summed E-state index contributed by atoms with van der Waals surface area (Å²) in [7, 11) is 5.42. The first-order valence-electron chi connectivity index (χ1n) is 8.67. The highest BCUT2D eigenvalue weighted by Gasteiger charge is 2.19. The molecule has 0 bridgehead atoms. The van der Waals surface area contributed by atoms with E-state index in [1.54, 1.807) is 0 Å². The number of ether oxygens (including phenoxy) is 1. The molecule has 140 valence electrons. The van der Waals surface area contributed by atoms with Gasteiger partial charge in [0.1, 0.15) is 6.61 Å². The fourth-order valence-corrected chi connectivity index (χ4v) is 2.66. The summed E-state index contributed by atoms with van der Waals surface area (Å²) in [5.41, 5.74) is 2.74. The van der Waals surface area contributed by atoms with Crippen LogP contribution < -0.4 is 10.2 Å². The zero-order valence-corrected chi connectivity index (χ0v) is 16.3. The van der Waals surface area contributed by atoms with E-state index in [-0.39, 0.29) is 24.3 Å². The number of rotatable bonds is 9. The molecular weight excluding hydrogens is 318 g/mol. The van der Waals surface area contributed by atoms with Gasteiger partial charge < -0.3 is 19.9 Å². The van der Waals surface area contributed by atoms with Crippen LogP contribution in [0.3, 0.4) is 0 Å². The molecule has 1 aromatic rings. The van der Waals surface area contributed by atoms with E-state index in [0.717, 1.165) is 17.7 Å². The molecule has 0 saturated carbocycles. The van der Waals surface area contributed by atoms with E-state index >= 15 is 0 Å². The van der Waals surface area contributed by atoms with Crippen molar-refractivity contribution in [3.8, 4) is 0 Å². The number of nitrogens with one attached hydrogen (secondary N) is 1. The Morgan fingerprint density at radius 3 is 2.44 bits per heavy atom. The van der Waals surface area contributed by atoms with Crippen molar-refractivity contribution in [3.63, 3.8) is 0 Å². The molecule has 0 aliphatic carbocycles. The van der Waals surface area contributed by atoms with Crippen LogP contribution in [0.5, 0.6) is 0 Å². The smallest absolute Gasteiger partial charge is 0.250 e. The predicted molar refractivity (Wildman–Crippen MR) is 102 cm³/mol. The van der Waals surface area contributed by atoms with Gasteiger partial charge in [-0.05, 0) is 30.2 Å². The number of benzene rings is 1. The Kier molecular flexibility index (Phi) is 8.41. The van der Waals surface area contributed by atoms with Crippen LogP contribution >= 0.6 is 0 Å². The van der Waals surface area contributed by atoms with Crippen LogP contribution in [0.15, 0.2) is 18.2 Å². The second-order valence-electron chi connectivity index (χ2n) is 6.63. The van der Waals surface area contributed by atoms with Gasteiger partial charge in [-0.2, -0.15) is 0 Å². The number of hydrogen-bond acceptors (Lipinski definition) is 4. The molecule has 6 heteroatoms. The third kappa shape index (κ3) is 6.38. The summed E-state index contributed by atoms with van der Waals surface area (Å²) in [5.74, 6) is -0.103. The third-order valence-electron chi connectivity index (χ3n) is 3.78. The van der Waals surface area contributed by atoms with E-state index in [1.165, 1.54) is 7.11 Å². The van der Waals surface area contributed by atoms with Crippen molar-refractivity contribution in [2.45, 2.75) is 33.7 Å². The predicted octanol–water partition coefficient (Wildman–Crippen LogP) is 2.73. The maximum atomic E-state index is 12.5. The molecule has 0 aliphatic rings. The van der Waals surface area contributed by atoms with E-state index in [2.05, 4.69) is 12.2 Å². The van der Waals surface area contributed by atoms with E-state index in [1.807, 2.05) is 55.9 Å². The van der Waals surface area contributed by atoms with Gasteiger partial charge in [0, 0.05) is 51.6 Å². The van der Waals surface area contributed by atoms with Gasteiger partial charge in [0.2, 0.25) is 11.8 Å². The van der Waals surface area contributed by atoms with E-state index in [0.29, 0.717) is 18.8 Å². The first kappa shape index (κ1) is 21.0. The largest absolute Gasteiger partial charge is 0.377 e. The molecule has 1 aromatic carbocycles. The van der Waals surface area contributed by atoms with Crippen molar-refractivity contribution in [3.05, 3.63) is 23.8 Å². The number of carbonyl (C=O) groups excluding carboxylic acids is 2. The molecule has 0 aliphatic heterocycles. The molecule has 0 atom stereocenters. The van der Waals surface area contributed by atoms with E-state index < -0.39 is 0 Å². The van der Waals surface area contributed by atoms with E-state index in [9.17, 15) is 9.59 Å². The second-order valence-corrected chi connectivity index (χ2v) is 6.63. The van der Waals surface area contributed by atoms with Gasteiger partial charge in [0.25, 0.3) is 0 Å². The maximum Gasteiger partial charge on any atom is 0.250 e. The van der Waals surface area contributed by atoms with Crippen LogP contribution in [-0.2, 0) is 20.9 Å². The molecule has 0 spiro atoms. The summed E-state index contributed by atoms with van der Waals surface area (Å²) in [6.07, 6.45) is 0.903. The monoisotopic (exact) mass is 349 g/mol. The van der Waals surface area contributed by atoms with Crippen molar-refractivity contribution in [2.24, 2.45) is 5.92 Å². The van der Waals surface area contributed by atoms with Crippen LogP contribution in [0.1, 0.15) is 32.8 Å². The number of nitrogens with zero attached hydrogens (tertiary/aromatic N) is 2. The van der Waals surface area contributed by atoms with Crippen molar-refractivity contribution in [2.75, 3.05) is 44.6 Å². The molecule has 6 nitrogen and oxygen atoms in total. The van der Waals surface area contributed by atoms with Crippen LogP contribution in [0.25, 0.3) is 0 Å². The fourth-order valence-electron chi connectivity index (χ4n) is 2.66. The second kappa shape index (κ2) is 10.0. The number of amides is 2. The molecule has 0 radical (unpaired) electrons. The molecule has 0 fully saturated rings. The van der Waals surface area contributed by atoms with Gasteiger partial charge in [-0.1, -0.05) is 20.8 Å². The molecule has 2 amide bonds. The van der Waals surface area contributed by atoms with Crippen LogP contribution in [-0.4, -0.2) is 51.1 Å². The first-order valence-corrected chi connectivity index (χ1v) is 8.67. The standard InChI is InChI=1S/C19H31N3O3/c1-7-10-22(19(24)14(2)3)12-15-11-16(20-18(23)13-25-6)8-9-17(15)21(4)5/h8-9,11,14H,7,10,12-13H2,1-6H3,(H,20,23). The zero-order chi connectivity index (χ0) is 19.0. The Hall–Kier alpha value is -2.08. The lowest BCUT2D eigenvalue weighted by atomic mass is 10.1. The fraction of sp³-hybridized carbons (Fsp3) is 0.579. The Balaban J connectivity index is 3.10. The van der Waals surface area contributed by atoms with Crippen LogP contribution in [0.4, 0.5) is 11.4 Å². The normalized spacial score (nSPS) is 10.7. The molecule has 25 heavy (non-hydrogen) atoms. The number of methoxy groups -OCH3 is 1. The van der Waals surface area contributed by atoms with Crippen molar-refractivity contribution >= 4 is 23.2 Å². The Morgan fingerprint density at radius 2 is 1.92 bits per heavy atom. The SMILES string of the molecule is CCCN(Cc1cc(NC(=O)COC)ccc1N(C)C)C(=O)C(C)C. The molecule has 0 saturated heterocycles. The lowest BCUT2D eigenvalue weighted by Gasteiger charge is -2.27. The summed E-state index contributed by atoms with van der Waals surface area (Å²) in [5, 5.41) is 2.82. The summed E-state index contributed by atoms with van der Waals surface area (Å²) in [4.78, 5) is 28.1. The van der Waals surface area contributed by atoms with Gasteiger partial charge in [0.05, 0.1) is 0 Å². The molecule has 0 aromatic heterocycles. The number of carbonyl (C=O) groups is 2. The maximum absolute atomic E-state index is 12.5. The minimum absolute atomic E-state index is 0.0125. The lowest BCUT2D eigenvalue weighted by molar-refractivity contribution is -0.135. The average Bonchev–Trinajstić information content (AvgIpc) is 2.53. The number of anilines is 2. The van der Waals surface area contributed by atoms with E-state index in [4.69, 9.17) is 4.74 Å². The van der Waals surface area contributed by atoms with Crippen molar-refractivity contribution in [1.29, 1.82) is 0 Å². The minimum Gasteiger partial charge on any atom is -0.377 e. The topological polar surface area (TPSA) is 61.9 Å². The summed E-state index contributed by atoms with van der Waals surface area (Å²) in [6, 6.07) is 5.75. The average molecular weight is 349 g/mol. The first-order chi connectivity index (χ1) is 11.8. The minimum atomic E-state index is -0.199. The van der Waals surface area contributed by atoms with Crippen LogP contribution in [0.2, 0.25) is 0 Å². The van der Waals surface area contributed by atoms with Crippen molar-refractivity contribution in [1.82, 2.24) is 4.90 Å². The molecule has 0 heterocycles. The van der Waals surface area contributed by atoms with Crippen molar-refractivity contribution < 1.29 is 14.3 Å². The highest BCUT2D eigenvalue weighted by atomic mass is 16.5. The Labute approximate surface area is 151 Å². The highest BCUT2D eigenvalue weighted by molar-refractivity contribution is 5.92. The third-order valence-corrected chi connectivity index (χ3v) is 3.78. The van der Waals surface area contributed by atoms with Gasteiger partial charge in [-0.25, -0.2) is 0 Å². The van der Waals surface area contributed by atoms with Gasteiger partial charge >= 0.3 is 0 Å². The Bertz CT molecular complexity index is 585. The summed E-state index contributed by atoms with van der Waals surface area (Å²) >= 11 is 0. The zero-order valence-electron chi connectivity index (χ0n) is 16.3. The molecule has 1 rings (SSSR count). The highest BCUT2D eigenvalue weighted by Crippen LogP contribution is 2.25. The van der Waals surface area contributed by atoms with Crippen LogP contribution in [0, 0.1) is 5.92 Å². The van der Waals surface area contributed by atoms with Gasteiger partial charge in [-0.3, -0.25) is 9.59 Å². The Morgan fingerprint density at radius 1 is 1.24 bits per heavy atom. The molecule has 1 N–H and O–H groups in total. The lowest BCUT2D eigenvalue weighted by Crippen LogP contribution is -2.35. The van der Waals surface area contributed by atoms with Gasteiger partial charge in [0.15, 0.2) is 0 Å². The van der Waals surface area contributed by atoms with Gasteiger partial charge in [-0.15, -0.1) is 0 Å². The quantitative estimate of drug-likeness (QED) is 0.745. The number of hydrogen-bond donors (Lipinski definition) is 1. The summed E-state index contributed by atoms with van der Waals surface area (Å²) < 4.78 is 4.85.